The summed E-state index contributed by atoms with van der Waals surface area (Å²) in [6.07, 6.45) is 0. The predicted molar refractivity (Wildman–Crippen MR) is 97.8 cm³/mol. The normalized spacial score (nSPS) is 10.2. The zero-order chi connectivity index (χ0) is 16.9. The van der Waals surface area contributed by atoms with E-state index >= 15 is 0 Å². The highest BCUT2D eigenvalue weighted by Gasteiger charge is 2.19. The minimum absolute atomic E-state index is 0.264. The summed E-state index contributed by atoms with van der Waals surface area (Å²) in [6, 6.07) is 21.8. The molecule has 0 bridgehead atoms. The van der Waals surface area contributed by atoms with Gasteiger partial charge in [-0.1, -0.05) is 60.1 Å². The average molecular weight is 358 g/mol. The maximum atomic E-state index is 12.6. The van der Waals surface area contributed by atoms with Gasteiger partial charge in [-0.3, -0.25) is 4.79 Å². The van der Waals surface area contributed by atoms with E-state index in [0.29, 0.717) is 16.3 Å². The van der Waals surface area contributed by atoms with Gasteiger partial charge in [0.15, 0.2) is 5.75 Å². The lowest BCUT2D eigenvalue weighted by molar-refractivity contribution is 0.102. The summed E-state index contributed by atoms with van der Waals surface area (Å²) in [7, 11) is 0. The standard InChI is InChI=1S/C19H13Cl2NO2/c20-14-11-16(13-7-3-1-4-8-13)18(24-21)17(12-14)19(23)22-15-9-5-2-6-10-15/h1-12H,(H,22,23). The van der Waals surface area contributed by atoms with Crippen LogP contribution in [0.5, 0.6) is 5.75 Å². The van der Waals surface area contributed by atoms with E-state index < -0.39 is 0 Å². The van der Waals surface area contributed by atoms with Crippen molar-refractivity contribution in [2.45, 2.75) is 0 Å². The second kappa shape index (κ2) is 7.39. The molecule has 3 aromatic rings. The molecule has 0 aliphatic carbocycles. The second-order valence-corrected chi connectivity index (χ2v) is 5.68. The summed E-state index contributed by atoms with van der Waals surface area (Å²) in [6.45, 7) is 0. The molecule has 0 saturated heterocycles. The second-order valence-electron chi connectivity index (χ2n) is 5.09. The summed E-state index contributed by atoms with van der Waals surface area (Å²) in [5, 5.41) is 3.22. The van der Waals surface area contributed by atoms with Crippen LogP contribution in [0.15, 0.2) is 72.8 Å². The highest BCUT2D eigenvalue weighted by molar-refractivity contribution is 6.31. The number of anilines is 1. The van der Waals surface area contributed by atoms with E-state index in [0.717, 1.165) is 5.56 Å². The molecule has 120 valence electrons. The maximum absolute atomic E-state index is 12.6. The first kappa shape index (κ1) is 16.4. The Bertz CT molecular complexity index is 852. The fraction of sp³-hybridized carbons (Fsp3) is 0. The molecule has 3 rings (SSSR count). The zero-order valence-corrected chi connectivity index (χ0v) is 14.0. The molecule has 0 radical (unpaired) electrons. The highest BCUT2D eigenvalue weighted by atomic mass is 35.5. The monoisotopic (exact) mass is 357 g/mol. The quantitative estimate of drug-likeness (QED) is 0.641. The predicted octanol–water partition coefficient (Wildman–Crippen LogP) is 5.79. The molecule has 1 amide bonds. The van der Waals surface area contributed by atoms with Crippen LogP contribution < -0.4 is 9.61 Å². The topological polar surface area (TPSA) is 38.3 Å². The van der Waals surface area contributed by atoms with Crippen LogP contribution in [0.3, 0.4) is 0 Å². The van der Waals surface area contributed by atoms with Crippen molar-refractivity contribution in [1.29, 1.82) is 0 Å². The van der Waals surface area contributed by atoms with Crippen molar-refractivity contribution in [3.05, 3.63) is 83.4 Å². The van der Waals surface area contributed by atoms with Gasteiger partial charge in [-0.2, -0.15) is 0 Å². The number of amides is 1. The molecule has 0 atom stereocenters. The SMILES string of the molecule is O=C(Nc1ccccc1)c1cc(Cl)cc(-c2ccccc2)c1OCl. The van der Waals surface area contributed by atoms with Crippen LogP contribution in [0.1, 0.15) is 10.4 Å². The third-order valence-corrected chi connectivity index (χ3v) is 3.86. The summed E-state index contributed by atoms with van der Waals surface area (Å²) < 4.78 is 5.00. The van der Waals surface area contributed by atoms with Gasteiger partial charge in [-0.25, -0.2) is 0 Å². The number of carbonyl (C=O) groups excluding carboxylic acids is 1. The van der Waals surface area contributed by atoms with Crippen molar-refractivity contribution >= 4 is 35.1 Å². The minimum atomic E-state index is -0.350. The number of hydrogen-bond donors (Lipinski definition) is 1. The molecule has 1 N–H and O–H groups in total. The van der Waals surface area contributed by atoms with Crippen molar-refractivity contribution in [2.24, 2.45) is 0 Å². The summed E-state index contributed by atoms with van der Waals surface area (Å²) in [5.74, 6) is -0.0859. The van der Waals surface area contributed by atoms with Crippen LogP contribution in [0.25, 0.3) is 11.1 Å². The average Bonchev–Trinajstić information content (AvgIpc) is 2.62. The molecular weight excluding hydrogens is 345 g/mol. The number of benzene rings is 3. The molecule has 3 aromatic carbocycles. The number of halogens is 2. The first-order valence-electron chi connectivity index (χ1n) is 7.23. The molecule has 0 fully saturated rings. The molecule has 0 aliphatic heterocycles. The van der Waals surface area contributed by atoms with Gasteiger partial charge in [0.25, 0.3) is 5.91 Å². The van der Waals surface area contributed by atoms with Gasteiger partial charge in [0, 0.05) is 16.3 Å². The number of para-hydroxylation sites is 1. The Morgan fingerprint density at radius 2 is 1.54 bits per heavy atom. The largest absolute Gasteiger partial charge is 0.384 e. The Kier molecular flexibility index (Phi) is 5.04. The molecule has 5 heteroatoms. The van der Waals surface area contributed by atoms with Gasteiger partial charge in [0.1, 0.15) is 11.9 Å². The van der Waals surface area contributed by atoms with E-state index in [9.17, 15) is 4.79 Å². The van der Waals surface area contributed by atoms with Gasteiger partial charge in [0.2, 0.25) is 0 Å². The fourth-order valence-electron chi connectivity index (χ4n) is 2.40. The fourth-order valence-corrected chi connectivity index (χ4v) is 2.78. The Morgan fingerprint density at radius 3 is 2.17 bits per heavy atom. The molecule has 0 aromatic heterocycles. The lowest BCUT2D eigenvalue weighted by atomic mass is 10.0. The lowest BCUT2D eigenvalue weighted by Gasteiger charge is -2.13. The molecular formula is C19H13Cl2NO2. The Hall–Kier alpha value is -2.49. The molecule has 0 heterocycles. The highest BCUT2D eigenvalue weighted by Crippen LogP contribution is 2.37. The van der Waals surface area contributed by atoms with E-state index in [-0.39, 0.29) is 17.2 Å². The van der Waals surface area contributed by atoms with Crippen molar-refractivity contribution in [3.8, 4) is 16.9 Å². The van der Waals surface area contributed by atoms with Gasteiger partial charge in [-0.05, 0) is 29.8 Å². The molecule has 0 aliphatic rings. The van der Waals surface area contributed by atoms with Crippen LogP contribution in [0, 0.1) is 0 Å². The first-order valence-corrected chi connectivity index (χ1v) is 7.91. The van der Waals surface area contributed by atoms with Gasteiger partial charge >= 0.3 is 0 Å². The van der Waals surface area contributed by atoms with Gasteiger partial charge < -0.3 is 9.61 Å². The van der Waals surface area contributed by atoms with E-state index in [1.165, 1.54) is 6.07 Å². The van der Waals surface area contributed by atoms with Gasteiger partial charge in [0.05, 0.1) is 5.56 Å². The molecule has 3 nitrogen and oxygen atoms in total. The smallest absolute Gasteiger partial charge is 0.259 e. The van der Waals surface area contributed by atoms with Crippen molar-refractivity contribution < 1.29 is 9.08 Å². The van der Waals surface area contributed by atoms with Crippen molar-refractivity contribution in [2.75, 3.05) is 5.32 Å². The summed E-state index contributed by atoms with van der Waals surface area (Å²) in [4.78, 5) is 12.6. The zero-order valence-electron chi connectivity index (χ0n) is 12.5. The number of rotatable bonds is 4. The Labute approximate surface area is 150 Å². The van der Waals surface area contributed by atoms with E-state index in [4.69, 9.17) is 27.8 Å². The number of nitrogens with one attached hydrogen (secondary N) is 1. The third-order valence-electron chi connectivity index (χ3n) is 3.49. The Morgan fingerprint density at radius 1 is 0.917 bits per heavy atom. The summed E-state index contributed by atoms with van der Waals surface area (Å²) >= 11 is 11.9. The van der Waals surface area contributed by atoms with Crippen molar-refractivity contribution in [1.82, 2.24) is 0 Å². The first-order chi connectivity index (χ1) is 11.7. The van der Waals surface area contributed by atoms with Crippen LogP contribution in [-0.4, -0.2) is 5.91 Å². The molecule has 24 heavy (non-hydrogen) atoms. The van der Waals surface area contributed by atoms with E-state index in [2.05, 4.69) is 5.32 Å². The Balaban J connectivity index is 2.04. The maximum Gasteiger partial charge on any atom is 0.259 e. The van der Waals surface area contributed by atoms with E-state index in [1.54, 1.807) is 18.2 Å². The van der Waals surface area contributed by atoms with E-state index in [1.807, 2.05) is 48.5 Å². The molecule has 0 spiro atoms. The minimum Gasteiger partial charge on any atom is -0.384 e. The number of hydrogen-bond acceptors (Lipinski definition) is 2. The summed E-state index contributed by atoms with van der Waals surface area (Å²) in [5.41, 5.74) is 2.44. The van der Waals surface area contributed by atoms with Crippen molar-refractivity contribution in [3.63, 3.8) is 0 Å². The van der Waals surface area contributed by atoms with Gasteiger partial charge in [-0.15, -0.1) is 0 Å². The van der Waals surface area contributed by atoms with Crippen LogP contribution in [0.2, 0.25) is 5.02 Å². The van der Waals surface area contributed by atoms with Crippen LogP contribution in [0.4, 0.5) is 5.69 Å². The van der Waals surface area contributed by atoms with Crippen LogP contribution in [-0.2, 0) is 0 Å². The third kappa shape index (κ3) is 3.53. The lowest BCUT2D eigenvalue weighted by Crippen LogP contribution is -2.13. The van der Waals surface area contributed by atoms with Crippen LogP contribution >= 0.6 is 23.5 Å². The number of carbonyl (C=O) groups is 1. The molecule has 0 unspecified atom stereocenters. The molecule has 0 saturated carbocycles.